The van der Waals surface area contributed by atoms with Crippen molar-refractivity contribution in [1.29, 1.82) is 0 Å². The maximum Gasteiger partial charge on any atom is 0.294 e. The third-order valence-electron chi connectivity index (χ3n) is 3.11. The van der Waals surface area contributed by atoms with Crippen LogP contribution >= 0.6 is 21.6 Å². The number of hydrogen-bond donors (Lipinski definition) is 0. The lowest BCUT2D eigenvalue weighted by Gasteiger charge is -2.39. The van der Waals surface area contributed by atoms with E-state index in [0.717, 1.165) is 0 Å². The van der Waals surface area contributed by atoms with Crippen LogP contribution in [0.1, 0.15) is 6.42 Å². The maximum absolute atomic E-state index is 10.6. The molecule has 1 saturated carbocycles. The lowest BCUT2D eigenvalue weighted by Crippen LogP contribution is -2.56. The summed E-state index contributed by atoms with van der Waals surface area (Å²) in [7, 11) is 2.70. The molecule has 1 aliphatic carbocycles. The molecule has 0 amide bonds. The summed E-state index contributed by atoms with van der Waals surface area (Å²) in [6.07, 6.45) is -4.02. The van der Waals surface area contributed by atoms with Gasteiger partial charge in [0.2, 0.25) is 0 Å². The van der Waals surface area contributed by atoms with Crippen molar-refractivity contribution in [2.75, 3.05) is 5.75 Å². The summed E-state index contributed by atoms with van der Waals surface area (Å²) in [5.74, 6) is 0.442. The first-order valence-corrected chi connectivity index (χ1v) is 7.98. The Morgan fingerprint density at radius 2 is 1.48 bits per heavy atom. The van der Waals surface area contributed by atoms with Crippen molar-refractivity contribution in [2.45, 2.75) is 30.0 Å². The Bertz CT molecular complexity index is 451. The lowest BCUT2D eigenvalue weighted by atomic mass is 9.83. The zero-order chi connectivity index (χ0) is 15.6. The van der Waals surface area contributed by atoms with Gasteiger partial charge in [0.25, 0.3) is 15.3 Å². The van der Waals surface area contributed by atoms with Gasteiger partial charge in [0.15, 0.2) is 6.10 Å². The minimum Gasteiger partial charge on any atom is -0.308 e. The minimum atomic E-state index is -1.54. The smallest absolute Gasteiger partial charge is 0.294 e. The van der Waals surface area contributed by atoms with Crippen LogP contribution in [0.4, 0.5) is 0 Å². The summed E-state index contributed by atoms with van der Waals surface area (Å²) < 4.78 is 0. The van der Waals surface area contributed by atoms with Crippen molar-refractivity contribution < 1.29 is 29.8 Å². The summed E-state index contributed by atoms with van der Waals surface area (Å²) in [5.41, 5.74) is 0. The van der Waals surface area contributed by atoms with Crippen LogP contribution in [0.5, 0.6) is 0 Å². The van der Waals surface area contributed by atoms with Crippen molar-refractivity contribution in [3.05, 3.63) is 30.3 Å². The van der Waals surface area contributed by atoms with Gasteiger partial charge < -0.3 is 14.5 Å². The Labute approximate surface area is 124 Å². The highest BCUT2D eigenvalue weighted by Crippen LogP contribution is 2.50. The molecule has 0 aromatic heterocycles. The van der Waals surface area contributed by atoms with Gasteiger partial charge >= 0.3 is 0 Å². The molecule has 0 radical (unpaired) electrons. The predicted molar refractivity (Wildman–Crippen MR) is 67.5 cm³/mol. The van der Waals surface area contributed by atoms with Crippen LogP contribution in [-0.2, 0) is 14.5 Å². The Kier molecular flexibility index (Phi) is 4.76. The normalized spacial score (nSPS) is 34.6. The Hall–Kier alpha value is -1.70. The molecule has 1 aliphatic heterocycles. The van der Waals surface area contributed by atoms with Gasteiger partial charge in [-0.25, -0.2) is 0 Å². The first kappa shape index (κ1) is 15.7. The van der Waals surface area contributed by atoms with E-state index in [0.29, 0.717) is 5.75 Å². The molecule has 5 unspecified atom stereocenters. The van der Waals surface area contributed by atoms with E-state index in [-0.39, 0.29) is 12.3 Å². The minimum absolute atomic E-state index is 0.127. The van der Waals surface area contributed by atoms with Gasteiger partial charge in [-0.1, -0.05) is 21.6 Å². The molecule has 5 atom stereocenters. The fourth-order valence-electron chi connectivity index (χ4n) is 2.39. The van der Waals surface area contributed by atoms with Gasteiger partial charge in [-0.15, -0.1) is 30.3 Å². The summed E-state index contributed by atoms with van der Waals surface area (Å²) in [5, 5.41) is 27.8. The summed E-state index contributed by atoms with van der Waals surface area (Å²) in [6, 6.07) is 0. The van der Waals surface area contributed by atoms with Gasteiger partial charge in [0, 0.05) is 11.0 Å². The molecule has 0 aromatic carbocycles. The maximum atomic E-state index is 10.6. The van der Waals surface area contributed by atoms with Crippen molar-refractivity contribution in [1.82, 2.24) is 0 Å². The second-order valence-electron chi connectivity index (χ2n) is 4.30. The molecule has 118 valence electrons. The fourth-order valence-corrected chi connectivity index (χ4v) is 5.98. The van der Waals surface area contributed by atoms with Gasteiger partial charge in [0.1, 0.15) is 12.2 Å². The van der Waals surface area contributed by atoms with Crippen LogP contribution in [0.25, 0.3) is 0 Å². The number of rotatable bonds is 6. The number of fused-ring (bicyclic) bond motifs is 1. The highest BCUT2D eigenvalue weighted by molar-refractivity contribution is 8.77. The van der Waals surface area contributed by atoms with Gasteiger partial charge in [-0.2, -0.15) is 0 Å². The molecule has 0 spiro atoms. The fraction of sp³-hybridized carbons (Fsp3) is 1.00. The van der Waals surface area contributed by atoms with Gasteiger partial charge in [-0.05, 0) is 12.3 Å². The molecule has 14 heteroatoms. The molecule has 0 N–H and O–H groups in total. The average molecular weight is 343 g/mol. The highest BCUT2D eigenvalue weighted by Gasteiger charge is 2.53. The van der Waals surface area contributed by atoms with E-state index >= 15 is 0 Å². The molecule has 21 heavy (non-hydrogen) atoms. The van der Waals surface area contributed by atoms with Crippen molar-refractivity contribution in [3.63, 3.8) is 0 Å². The second-order valence-corrected chi connectivity index (χ2v) is 6.89. The van der Waals surface area contributed by atoms with Crippen molar-refractivity contribution in [3.8, 4) is 0 Å². The Balaban J connectivity index is 2.25. The SMILES string of the molecule is O=[N+]([O-])OC1CC2CSSC2C(O[N+](=O)[O-])C1O[N+](=O)[O-]. The summed E-state index contributed by atoms with van der Waals surface area (Å²) in [4.78, 5) is 44.9. The number of nitrogens with zero attached hydrogens (tertiary/aromatic N) is 3. The largest absolute Gasteiger partial charge is 0.308 e. The summed E-state index contributed by atoms with van der Waals surface area (Å²) >= 11 is 0. The molecule has 2 fully saturated rings. The Morgan fingerprint density at radius 1 is 0.905 bits per heavy atom. The molecule has 1 heterocycles. The molecular weight excluding hydrogens is 334 g/mol. The second kappa shape index (κ2) is 6.38. The number of hydrogen-bond acceptors (Lipinski definition) is 11. The first-order valence-electron chi connectivity index (χ1n) is 5.60. The van der Waals surface area contributed by atoms with Crippen LogP contribution in [0.2, 0.25) is 0 Å². The van der Waals surface area contributed by atoms with E-state index in [1.807, 2.05) is 0 Å². The van der Waals surface area contributed by atoms with E-state index < -0.39 is 38.8 Å². The Morgan fingerprint density at radius 3 is 2.05 bits per heavy atom. The molecule has 0 bridgehead atoms. The third kappa shape index (κ3) is 3.69. The van der Waals surface area contributed by atoms with E-state index in [4.69, 9.17) is 0 Å². The van der Waals surface area contributed by atoms with E-state index in [9.17, 15) is 30.3 Å². The highest BCUT2D eigenvalue weighted by atomic mass is 33.1. The van der Waals surface area contributed by atoms with Crippen LogP contribution < -0.4 is 0 Å². The van der Waals surface area contributed by atoms with Gasteiger partial charge in [0.05, 0.1) is 0 Å². The van der Waals surface area contributed by atoms with E-state index in [2.05, 4.69) is 14.5 Å². The molecule has 2 rings (SSSR count). The van der Waals surface area contributed by atoms with Gasteiger partial charge in [-0.3, -0.25) is 0 Å². The summed E-state index contributed by atoms with van der Waals surface area (Å²) in [6.45, 7) is 0. The average Bonchev–Trinajstić information content (AvgIpc) is 2.79. The third-order valence-corrected chi connectivity index (χ3v) is 6.17. The molecule has 2 aliphatic rings. The topological polar surface area (TPSA) is 157 Å². The van der Waals surface area contributed by atoms with E-state index in [1.165, 1.54) is 21.6 Å². The zero-order valence-corrected chi connectivity index (χ0v) is 11.8. The van der Waals surface area contributed by atoms with Crippen molar-refractivity contribution in [2.24, 2.45) is 5.92 Å². The molecule has 1 saturated heterocycles. The molecule has 12 nitrogen and oxygen atoms in total. The first-order chi connectivity index (χ1) is 9.88. The quantitative estimate of drug-likeness (QED) is 0.375. The van der Waals surface area contributed by atoms with Crippen LogP contribution in [0.15, 0.2) is 0 Å². The standard InChI is InChI=1S/C7H9N3O9S2/c11-8(12)17-4-1-3-2-20-21-7(3)6(19-10(15)16)5(4)18-9(13)14/h3-7H,1-2H2. The predicted octanol–water partition coefficient (Wildman–Crippen LogP) is 0.501. The monoisotopic (exact) mass is 343 g/mol. The zero-order valence-electron chi connectivity index (χ0n) is 10.1. The van der Waals surface area contributed by atoms with E-state index in [1.54, 1.807) is 0 Å². The molecular formula is C7H9N3O9S2. The van der Waals surface area contributed by atoms with Crippen LogP contribution in [0, 0.1) is 36.3 Å². The lowest BCUT2D eigenvalue weighted by molar-refractivity contribution is -0.818. The van der Waals surface area contributed by atoms with Crippen molar-refractivity contribution >= 4 is 21.6 Å². The van der Waals surface area contributed by atoms with Crippen LogP contribution in [-0.4, -0.2) is 44.6 Å². The van der Waals surface area contributed by atoms with Crippen LogP contribution in [0.3, 0.4) is 0 Å². The molecule has 0 aromatic rings.